The molecule has 92 valence electrons. The molecule has 0 aromatic carbocycles. The Labute approximate surface area is 107 Å². The van der Waals surface area contributed by atoms with Crippen LogP contribution >= 0.6 is 15.9 Å². The largest absolute Gasteiger partial charge is 0.375 e. The van der Waals surface area contributed by atoms with Gasteiger partial charge in [0.05, 0.1) is 17.6 Å². The smallest absolute Gasteiger partial charge is 0.312 e. The standard InChI is InChI=1S/C10H12BrN3O3/c1-7-6-13(2-3-17-7)10-9(14(15)16)4-8(11)5-12-10/h4-5,7H,2-3,6H2,1H3. The van der Waals surface area contributed by atoms with Crippen LogP contribution in [0.2, 0.25) is 0 Å². The summed E-state index contributed by atoms with van der Waals surface area (Å²) >= 11 is 3.19. The van der Waals surface area contributed by atoms with E-state index in [4.69, 9.17) is 4.74 Å². The van der Waals surface area contributed by atoms with Crippen LogP contribution in [-0.4, -0.2) is 35.7 Å². The van der Waals surface area contributed by atoms with Gasteiger partial charge in [-0.15, -0.1) is 0 Å². The molecule has 1 saturated heterocycles. The summed E-state index contributed by atoms with van der Waals surface area (Å²) in [5, 5.41) is 11.0. The number of nitro groups is 1. The van der Waals surface area contributed by atoms with E-state index in [1.54, 1.807) is 6.20 Å². The molecule has 2 heterocycles. The minimum Gasteiger partial charge on any atom is -0.375 e. The first-order valence-electron chi connectivity index (χ1n) is 5.24. The Balaban J connectivity index is 2.33. The van der Waals surface area contributed by atoms with E-state index >= 15 is 0 Å². The lowest BCUT2D eigenvalue weighted by Crippen LogP contribution is -2.41. The molecule has 1 unspecified atom stereocenters. The normalized spacial score (nSPS) is 20.4. The SMILES string of the molecule is CC1CN(c2ncc(Br)cc2[N+](=O)[O-])CCO1. The maximum atomic E-state index is 11.0. The van der Waals surface area contributed by atoms with Crippen molar-refractivity contribution in [3.05, 3.63) is 26.9 Å². The molecule has 1 atom stereocenters. The summed E-state index contributed by atoms with van der Waals surface area (Å²) in [5.74, 6) is 0.411. The van der Waals surface area contributed by atoms with E-state index in [9.17, 15) is 10.1 Å². The van der Waals surface area contributed by atoms with Crippen LogP contribution in [-0.2, 0) is 4.74 Å². The molecule has 17 heavy (non-hydrogen) atoms. The van der Waals surface area contributed by atoms with E-state index < -0.39 is 4.92 Å². The maximum Gasteiger partial charge on any atom is 0.312 e. The van der Waals surface area contributed by atoms with E-state index in [0.29, 0.717) is 30.0 Å². The number of anilines is 1. The monoisotopic (exact) mass is 301 g/mol. The minimum atomic E-state index is -0.410. The second-order valence-electron chi connectivity index (χ2n) is 3.88. The number of morpholine rings is 1. The topological polar surface area (TPSA) is 68.5 Å². The fraction of sp³-hybridized carbons (Fsp3) is 0.500. The van der Waals surface area contributed by atoms with Gasteiger partial charge in [-0.25, -0.2) is 4.98 Å². The zero-order chi connectivity index (χ0) is 12.4. The average molecular weight is 302 g/mol. The van der Waals surface area contributed by atoms with Crippen molar-refractivity contribution in [1.29, 1.82) is 0 Å². The summed E-state index contributed by atoms with van der Waals surface area (Å²) in [6.45, 7) is 3.75. The first kappa shape index (κ1) is 12.3. The van der Waals surface area contributed by atoms with Crippen LogP contribution in [0.1, 0.15) is 6.92 Å². The molecule has 0 bridgehead atoms. The Morgan fingerprint density at radius 3 is 3.12 bits per heavy atom. The zero-order valence-electron chi connectivity index (χ0n) is 9.30. The number of hydrogen-bond acceptors (Lipinski definition) is 5. The Bertz CT molecular complexity index is 441. The van der Waals surface area contributed by atoms with E-state index in [1.165, 1.54) is 6.07 Å². The summed E-state index contributed by atoms with van der Waals surface area (Å²) in [7, 11) is 0. The summed E-state index contributed by atoms with van der Waals surface area (Å²) in [6, 6.07) is 1.47. The molecule has 0 aliphatic carbocycles. The van der Waals surface area contributed by atoms with Crippen molar-refractivity contribution in [2.45, 2.75) is 13.0 Å². The molecule has 0 N–H and O–H groups in total. The predicted octanol–water partition coefficient (Wildman–Crippen LogP) is 1.98. The molecular weight excluding hydrogens is 290 g/mol. The maximum absolute atomic E-state index is 11.0. The molecule has 0 spiro atoms. The second kappa shape index (κ2) is 4.97. The number of pyridine rings is 1. The highest BCUT2D eigenvalue weighted by Gasteiger charge is 2.25. The van der Waals surface area contributed by atoms with Crippen LogP contribution in [0.15, 0.2) is 16.7 Å². The molecule has 1 fully saturated rings. The van der Waals surface area contributed by atoms with Gasteiger partial charge in [0.25, 0.3) is 0 Å². The number of halogens is 1. The summed E-state index contributed by atoms with van der Waals surface area (Å²) in [6.07, 6.45) is 1.64. The highest BCUT2D eigenvalue weighted by atomic mass is 79.9. The number of rotatable bonds is 2. The quantitative estimate of drug-likeness (QED) is 0.617. The van der Waals surface area contributed by atoms with Gasteiger partial charge in [0.15, 0.2) is 0 Å². The molecule has 0 saturated carbocycles. The summed E-state index contributed by atoms with van der Waals surface area (Å²) < 4.78 is 6.01. The highest BCUT2D eigenvalue weighted by molar-refractivity contribution is 9.10. The first-order valence-corrected chi connectivity index (χ1v) is 6.03. The zero-order valence-corrected chi connectivity index (χ0v) is 10.9. The molecule has 0 radical (unpaired) electrons. The van der Waals surface area contributed by atoms with Crippen LogP contribution in [0, 0.1) is 10.1 Å². The average Bonchev–Trinajstić information content (AvgIpc) is 2.28. The van der Waals surface area contributed by atoms with Gasteiger partial charge in [0.1, 0.15) is 0 Å². The van der Waals surface area contributed by atoms with Gasteiger partial charge in [0.2, 0.25) is 5.82 Å². The fourth-order valence-electron chi connectivity index (χ4n) is 1.81. The van der Waals surface area contributed by atoms with Crippen molar-refractivity contribution in [1.82, 2.24) is 4.98 Å². The van der Waals surface area contributed by atoms with Gasteiger partial charge in [-0.1, -0.05) is 0 Å². The van der Waals surface area contributed by atoms with Crippen molar-refractivity contribution >= 4 is 27.4 Å². The van der Waals surface area contributed by atoms with Crippen molar-refractivity contribution in [2.24, 2.45) is 0 Å². The van der Waals surface area contributed by atoms with Crippen LogP contribution in [0.25, 0.3) is 0 Å². The van der Waals surface area contributed by atoms with Gasteiger partial charge in [-0.05, 0) is 22.9 Å². The molecular formula is C10H12BrN3O3. The minimum absolute atomic E-state index is 0.0217. The Kier molecular flexibility index (Phi) is 3.58. The van der Waals surface area contributed by atoms with Crippen LogP contribution < -0.4 is 4.90 Å². The molecule has 1 aliphatic rings. The van der Waals surface area contributed by atoms with Crippen molar-refractivity contribution in [3.8, 4) is 0 Å². The Morgan fingerprint density at radius 1 is 1.71 bits per heavy atom. The van der Waals surface area contributed by atoms with Crippen LogP contribution in [0.3, 0.4) is 0 Å². The van der Waals surface area contributed by atoms with Crippen molar-refractivity contribution < 1.29 is 9.66 Å². The molecule has 6 nitrogen and oxygen atoms in total. The molecule has 1 aromatic rings. The number of nitrogens with zero attached hydrogens (tertiary/aromatic N) is 3. The lowest BCUT2D eigenvalue weighted by Gasteiger charge is -2.31. The lowest BCUT2D eigenvalue weighted by molar-refractivity contribution is -0.384. The highest BCUT2D eigenvalue weighted by Crippen LogP contribution is 2.29. The fourth-order valence-corrected chi connectivity index (χ4v) is 2.13. The van der Waals surface area contributed by atoms with Crippen LogP contribution in [0.5, 0.6) is 0 Å². The first-order chi connectivity index (χ1) is 8.08. The van der Waals surface area contributed by atoms with Crippen molar-refractivity contribution in [3.63, 3.8) is 0 Å². The Hall–Kier alpha value is -1.21. The van der Waals surface area contributed by atoms with Crippen molar-refractivity contribution in [2.75, 3.05) is 24.6 Å². The molecule has 2 rings (SSSR count). The van der Waals surface area contributed by atoms with Gasteiger partial charge >= 0.3 is 5.69 Å². The van der Waals surface area contributed by atoms with E-state index in [-0.39, 0.29) is 11.8 Å². The lowest BCUT2D eigenvalue weighted by atomic mass is 10.2. The predicted molar refractivity (Wildman–Crippen MR) is 66.2 cm³/mol. The van der Waals surface area contributed by atoms with Gasteiger partial charge in [-0.3, -0.25) is 10.1 Å². The van der Waals surface area contributed by atoms with Gasteiger partial charge in [0, 0.05) is 29.8 Å². The Morgan fingerprint density at radius 2 is 2.47 bits per heavy atom. The third-order valence-corrected chi connectivity index (χ3v) is 2.98. The van der Waals surface area contributed by atoms with Gasteiger partial charge < -0.3 is 9.64 Å². The number of hydrogen-bond donors (Lipinski definition) is 0. The molecule has 0 amide bonds. The summed E-state index contributed by atoms with van der Waals surface area (Å²) in [4.78, 5) is 16.6. The third kappa shape index (κ3) is 2.73. The van der Waals surface area contributed by atoms with E-state index in [2.05, 4.69) is 20.9 Å². The van der Waals surface area contributed by atoms with Gasteiger partial charge in [-0.2, -0.15) is 0 Å². The van der Waals surface area contributed by atoms with E-state index in [0.717, 1.165) is 0 Å². The van der Waals surface area contributed by atoms with Crippen LogP contribution in [0.4, 0.5) is 11.5 Å². The second-order valence-corrected chi connectivity index (χ2v) is 4.80. The molecule has 1 aromatic heterocycles. The third-order valence-electron chi connectivity index (χ3n) is 2.55. The number of aromatic nitrogens is 1. The molecule has 7 heteroatoms. The molecule has 1 aliphatic heterocycles. The number of ether oxygens (including phenoxy) is 1. The summed E-state index contributed by atoms with van der Waals surface area (Å²) in [5.41, 5.74) is 0.0217. The van der Waals surface area contributed by atoms with E-state index in [1.807, 2.05) is 11.8 Å².